The number of nitrogens with one attached hydrogen (secondary N) is 2. The molecular weight excluding hydrogens is 360 g/mol. The predicted octanol–water partition coefficient (Wildman–Crippen LogP) is 3.25. The molecule has 0 spiro atoms. The first-order valence-corrected chi connectivity index (χ1v) is 9.91. The lowest BCUT2D eigenvalue weighted by Crippen LogP contribution is -3.08. The Bertz CT molecular complexity index is 954. The van der Waals surface area contributed by atoms with E-state index in [9.17, 15) is 4.79 Å². The highest BCUT2D eigenvalue weighted by Crippen LogP contribution is 2.20. The number of benzene rings is 3. The highest BCUT2D eigenvalue weighted by Gasteiger charge is 2.15. The van der Waals surface area contributed by atoms with Crippen LogP contribution in [0, 0.1) is 6.92 Å². The number of rotatable bonds is 8. The van der Waals surface area contributed by atoms with Gasteiger partial charge >= 0.3 is 0 Å². The van der Waals surface area contributed by atoms with Crippen molar-refractivity contribution in [3.8, 4) is 5.75 Å². The van der Waals surface area contributed by atoms with Crippen LogP contribution in [0.2, 0.25) is 0 Å². The van der Waals surface area contributed by atoms with Crippen LogP contribution in [0.5, 0.6) is 5.75 Å². The molecule has 1 amide bonds. The summed E-state index contributed by atoms with van der Waals surface area (Å²) in [7, 11) is 3.71. The molecule has 0 heterocycles. The van der Waals surface area contributed by atoms with Gasteiger partial charge in [0.05, 0.1) is 14.2 Å². The van der Waals surface area contributed by atoms with Crippen LogP contribution in [0.3, 0.4) is 0 Å². The van der Waals surface area contributed by atoms with Crippen LogP contribution in [0.15, 0.2) is 72.8 Å². The molecule has 4 heteroatoms. The Kier molecular flexibility index (Phi) is 7.04. The third-order valence-corrected chi connectivity index (χ3v) is 4.92. The van der Waals surface area contributed by atoms with Gasteiger partial charge in [0.25, 0.3) is 5.91 Å². The molecule has 3 aromatic carbocycles. The third kappa shape index (κ3) is 5.93. The second-order valence-corrected chi connectivity index (χ2v) is 7.49. The smallest absolute Gasteiger partial charge is 0.279 e. The molecule has 0 aromatic heterocycles. The molecule has 29 heavy (non-hydrogen) atoms. The summed E-state index contributed by atoms with van der Waals surface area (Å²) in [6, 6.07) is 24.4. The Morgan fingerprint density at radius 1 is 0.966 bits per heavy atom. The van der Waals surface area contributed by atoms with Gasteiger partial charge in [-0.3, -0.25) is 4.79 Å². The fourth-order valence-corrected chi connectivity index (χ4v) is 3.51. The zero-order valence-electron chi connectivity index (χ0n) is 17.4. The van der Waals surface area contributed by atoms with Crippen molar-refractivity contribution < 1.29 is 14.4 Å². The molecule has 2 N–H and O–H groups in total. The molecule has 0 saturated heterocycles. The van der Waals surface area contributed by atoms with Crippen molar-refractivity contribution in [1.82, 2.24) is 0 Å². The molecule has 0 radical (unpaired) electrons. The Morgan fingerprint density at radius 2 is 1.69 bits per heavy atom. The number of likely N-dealkylation sites (N-methyl/N-ethyl adjacent to an activating group) is 1. The van der Waals surface area contributed by atoms with Crippen molar-refractivity contribution in [3.63, 3.8) is 0 Å². The maximum absolute atomic E-state index is 12.7. The van der Waals surface area contributed by atoms with Crippen LogP contribution in [-0.2, 0) is 17.8 Å². The Labute approximate surface area is 173 Å². The summed E-state index contributed by atoms with van der Waals surface area (Å²) in [5.74, 6) is 0.873. The van der Waals surface area contributed by atoms with E-state index in [0.717, 1.165) is 40.4 Å². The predicted molar refractivity (Wildman–Crippen MR) is 118 cm³/mol. The highest BCUT2D eigenvalue weighted by atomic mass is 16.5. The highest BCUT2D eigenvalue weighted by molar-refractivity contribution is 5.92. The first-order valence-electron chi connectivity index (χ1n) is 9.91. The SMILES string of the molecule is COc1ccc(C)cc1C[NH+](C)CC(=O)Nc1ccccc1Cc1ccccc1. The largest absolute Gasteiger partial charge is 0.496 e. The van der Waals surface area contributed by atoms with Crippen LogP contribution in [0.4, 0.5) is 5.69 Å². The molecule has 150 valence electrons. The minimum atomic E-state index is 0.00892. The number of carbonyl (C=O) groups excluding carboxylic acids is 1. The van der Waals surface area contributed by atoms with E-state index < -0.39 is 0 Å². The molecule has 0 fully saturated rings. The normalized spacial score (nSPS) is 11.7. The summed E-state index contributed by atoms with van der Waals surface area (Å²) in [4.78, 5) is 13.8. The lowest BCUT2D eigenvalue weighted by molar-refractivity contribution is -0.885. The van der Waals surface area contributed by atoms with Crippen molar-refractivity contribution >= 4 is 11.6 Å². The van der Waals surface area contributed by atoms with Crippen molar-refractivity contribution in [2.24, 2.45) is 0 Å². The molecule has 3 aromatic rings. The van der Waals surface area contributed by atoms with Crippen LogP contribution in [0.1, 0.15) is 22.3 Å². The van der Waals surface area contributed by atoms with Crippen LogP contribution in [0.25, 0.3) is 0 Å². The van der Waals surface area contributed by atoms with Crippen LogP contribution < -0.4 is 15.0 Å². The molecule has 0 aliphatic carbocycles. The topological polar surface area (TPSA) is 42.8 Å². The molecule has 0 saturated carbocycles. The van der Waals surface area contributed by atoms with E-state index >= 15 is 0 Å². The lowest BCUT2D eigenvalue weighted by Gasteiger charge is -2.17. The van der Waals surface area contributed by atoms with Gasteiger partial charge in [-0.25, -0.2) is 0 Å². The first-order chi connectivity index (χ1) is 14.0. The number of carbonyl (C=O) groups is 1. The lowest BCUT2D eigenvalue weighted by atomic mass is 10.0. The molecule has 0 bridgehead atoms. The zero-order valence-corrected chi connectivity index (χ0v) is 17.4. The zero-order chi connectivity index (χ0) is 20.6. The van der Waals surface area contributed by atoms with E-state index in [2.05, 4.69) is 36.5 Å². The number of anilines is 1. The van der Waals surface area contributed by atoms with E-state index in [4.69, 9.17) is 4.74 Å². The Hall–Kier alpha value is -3.11. The number of para-hydroxylation sites is 1. The van der Waals surface area contributed by atoms with Gasteiger partial charge in [0, 0.05) is 11.3 Å². The molecule has 1 atom stereocenters. The van der Waals surface area contributed by atoms with Gasteiger partial charge in [0.15, 0.2) is 6.54 Å². The molecule has 0 aliphatic heterocycles. The molecule has 0 aliphatic rings. The van der Waals surface area contributed by atoms with Crippen molar-refractivity contribution in [3.05, 3.63) is 95.1 Å². The van der Waals surface area contributed by atoms with Gasteiger partial charge in [-0.15, -0.1) is 0 Å². The number of hydrogen-bond acceptors (Lipinski definition) is 2. The number of quaternary nitrogens is 1. The maximum Gasteiger partial charge on any atom is 0.279 e. The second kappa shape index (κ2) is 9.89. The molecular formula is C25H29N2O2+. The summed E-state index contributed by atoms with van der Waals surface area (Å²) in [6.45, 7) is 3.18. The summed E-state index contributed by atoms with van der Waals surface area (Å²) in [6.07, 6.45) is 0.792. The molecule has 4 nitrogen and oxygen atoms in total. The van der Waals surface area contributed by atoms with Gasteiger partial charge in [-0.05, 0) is 42.7 Å². The number of ether oxygens (including phenoxy) is 1. The van der Waals surface area contributed by atoms with Crippen molar-refractivity contribution in [2.45, 2.75) is 19.9 Å². The Balaban J connectivity index is 1.63. The number of hydrogen-bond donors (Lipinski definition) is 2. The number of amides is 1. The first kappa shape index (κ1) is 20.6. The fourth-order valence-electron chi connectivity index (χ4n) is 3.51. The molecule has 1 unspecified atom stereocenters. The summed E-state index contributed by atoms with van der Waals surface area (Å²) in [5, 5.41) is 3.10. The third-order valence-electron chi connectivity index (χ3n) is 4.92. The average molecular weight is 390 g/mol. The average Bonchev–Trinajstić information content (AvgIpc) is 2.70. The number of aryl methyl sites for hydroxylation is 1. The van der Waals surface area contributed by atoms with E-state index in [1.807, 2.05) is 55.6 Å². The monoisotopic (exact) mass is 389 g/mol. The van der Waals surface area contributed by atoms with Crippen molar-refractivity contribution in [2.75, 3.05) is 26.0 Å². The second-order valence-electron chi connectivity index (χ2n) is 7.49. The minimum Gasteiger partial charge on any atom is -0.496 e. The van der Waals surface area contributed by atoms with Crippen LogP contribution >= 0.6 is 0 Å². The standard InChI is InChI=1S/C25H28N2O2/c1-19-13-14-24(29-3)22(15-19)17-27(2)18-25(28)26-23-12-8-7-11-21(23)16-20-9-5-4-6-10-20/h4-15H,16-18H2,1-3H3,(H,26,28)/p+1. The van der Waals surface area contributed by atoms with E-state index in [-0.39, 0.29) is 5.91 Å². The summed E-state index contributed by atoms with van der Waals surface area (Å²) in [5.41, 5.74) is 5.52. The fraction of sp³-hybridized carbons (Fsp3) is 0.240. The van der Waals surface area contributed by atoms with Gasteiger partial charge in [-0.2, -0.15) is 0 Å². The van der Waals surface area contributed by atoms with E-state index in [1.54, 1.807) is 7.11 Å². The molecule has 3 rings (SSSR count). The summed E-state index contributed by atoms with van der Waals surface area (Å²) >= 11 is 0. The number of methoxy groups -OCH3 is 1. The van der Waals surface area contributed by atoms with Gasteiger partial charge in [-0.1, -0.05) is 60.2 Å². The minimum absolute atomic E-state index is 0.00892. The van der Waals surface area contributed by atoms with E-state index in [1.165, 1.54) is 11.1 Å². The Morgan fingerprint density at radius 3 is 2.45 bits per heavy atom. The summed E-state index contributed by atoms with van der Waals surface area (Å²) < 4.78 is 5.46. The quantitative estimate of drug-likeness (QED) is 0.621. The van der Waals surface area contributed by atoms with Gasteiger partial charge in [0.2, 0.25) is 0 Å². The maximum atomic E-state index is 12.7. The van der Waals surface area contributed by atoms with E-state index in [0.29, 0.717) is 6.54 Å². The van der Waals surface area contributed by atoms with Gasteiger partial charge in [0.1, 0.15) is 12.3 Å². The van der Waals surface area contributed by atoms with Gasteiger partial charge < -0.3 is 15.0 Å². The van der Waals surface area contributed by atoms with Crippen LogP contribution in [-0.4, -0.2) is 26.6 Å². The van der Waals surface area contributed by atoms with Crippen molar-refractivity contribution in [1.29, 1.82) is 0 Å².